The number of carbonyl (C=O) groups excluding carboxylic acids is 1. The van der Waals surface area contributed by atoms with Crippen molar-refractivity contribution in [1.82, 2.24) is 5.32 Å². The summed E-state index contributed by atoms with van der Waals surface area (Å²) < 4.78 is 0. The van der Waals surface area contributed by atoms with Crippen LogP contribution in [0, 0.1) is 11.3 Å². The number of amides is 1. The number of rotatable bonds is 4. The predicted molar refractivity (Wildman–Crippen MR) is 74.4 cm³/mol. The fraction of sp³-hybridized carbons (Fsp3) is 0.500. The molecule has 1 fully saturated rings. The SMILES string of the molecule is N#CC(CC(=O)NC1CCCCC1)c1ccccc1. The lowest BCUT2D eigenvalue weighted by Gasteiger charge is -2.23. The van der Waals surface area contributed by atoms with E-state index in [2.05, 4.69) is 11.4 Å². The Balaban J connectivity index is 1.88. The smallest absolute Gasteiger partial charge is 0.221 e. The lowest BCUT2D eigenvalue weighted by molar-refractivity contribution is -0.122. The Bertz CT molecular complexity index is 444. The van der Waals surface area contributed by atoms with Gasteiger partial charge in [0.25, 0.3) is 0 Å². The molecule has 1 unspecified atom stereocenters. The lowest BCUT2D eigenvalue weighted by Crippen LogP contribution is -2.36. The van der Waals surface area contributed by atoms with Gasteiger partial charge in [0.2, 0.25) is 5.91 Å². The van der Waals surface area contributed by atoms with Gasteiger partial charge >= 0.3 is 0 Å². The van der Waals surface area contributed by atoms with Gasteiger partial charge in [0.05, 0.1) is 12.0 Å². The van der Waals surface area contributed by atoms with Gasteiger partial charge in [0.1, 0.15) is 0 Å². The average Bonchev–Trinajstić information content (AvgIpc) is 2.47. The van der Waals surface area contributed by atoms with E-state index < -0.39 is 0 Å². The summed E-state index contributed by atoms with van der Waals surface area (Å²) in [6.07, 6.45) is 6.09. The molecule has 1 atom stereocenters. The molecular formula is C16H20N2O. The van der Waals surface area contributed by atoms with E-state index >= 15 is 0 Å². The molecule has 0 aliphatic heterocycles. The molecule has 100 valence electrons. The van der Waals surface area contributed by atoms with E-state index in [1.807, 2.05) is 30.3 Å². The molecule has 1 aromatic rings. The van der Waals surface area contributed by atoms with E-state index in [0.29, 0.717) is 6.04 Å². The van der Waals surface area contributed by atoms with Gasteiger partial charge in [0.15, 0.2) is 0 Å². The first-order chi connectivity index (χ1) is 9.29. The van der Waals surface area contributed by atoms with Crippen molar-refractivity contribution >= 4 is 5.91 Å². The van der Waals surface area contributed by atoms with Crippen LogP contribution in [-0.4, -0.2) is 11.9 Å². The van der Waals surface area contributed by atoms with Gasteiger partial charge < -0.3 is 5.32 Å². The summed E-state index contributed by atoms with van der Waals surface area (Å²) in [7, 11) is 0. The third kappa shape index (κ3) is 4.10. The van der Waals surface area contributed by atoms with Gasteiger partial charge in [-0.15, -0.1) is 0 Å². The van der Waals surface area contributed by atoms with Gasteiger partial charge in [-0.3, -0.25) is 4.79 Å². The molecule has 0 heterocycles. The zero-order chi connectivity index (χ0) is 13.5. The van der Waals surface area contributed by atoms with Crippen LogP contribution in [0.25, 0.3) is 0 Å². The second kappa shape index (κ2) is 6.94. The molecule has 3 nitrogen and oxygen atoms in total. The zero-order valence-electron chi connectivity index (χ0n) is 11.1. The third-order valence-electron chi connectivity index (χ3n) is 3.72. The van der Waals surface area contributed by atoms with Crippen molar-refractivity contribution in [1.29, 1.82) is 5.26 Å². The topological polar surface area (TPSA) is 52.9 Å². The maximum atomic E-state index is 12.0. The van der Waals surface area contributed by atoms with Gasteiger partial charge in [-0.25, -0.2) is 0 Å². The number of nitrogens with one attached hydrogen (secondary N) is 1. The molecular weight excluding hydrogens is 236 g/mol. The second-order valence-corrected chi connectivity index (χ2v) is 5.20. The third-order valence-corrected chi connectivity index (χ3v) is 3.72. The first kappa shape index (κ1) is 13.6. The molecule has 0 radical (unpaired) electrons. The molecule has 19 heavy (non-hydrogen) atoms. The summed E-state index contributed by atoms with van der Waals surface area (Å²) in [5.74, 6) is -0.341. The summed E-state index contributed by atoms with van der Waals surface area (Å²) >= 11 is 0. The van der Waals surface area contributed by atoms with Gasteiger partial charge in [0, 0.05) is 12.5 Å². The molecule has 1 N–H and O–H groups in total. The summed E-state index contributed by atoms with van der Waals surface area (Å²) in [6.45, 7) is 0. The summed E-state index contributed by atoms with van der Waals surface area (Å²) in [5.41, 5.74) is 0.920. The number of benzene rings is 1. The fourth-order valence-electron chi connectivity index (χ4n) is 2.64. The number of nitrogens with zero attached hydrogens (tertiary/aromatic N) is 1. The van der Waals surface area contributed by atoms with Gasteiger partial charge in [-0.05, 0) is 18.4 Å². The van der Waals surface area contributed by atoms with Crippen LogP contribution in [0.2, 0.25) is 0 Å². The molecule has 1 aliphatic rings. The molecule has 2 rings (SSSR count). The van der Waals surface area contributed by atoms with Crippen LogP contribution in [0.5, 0.6) is 0 Å². The maximum absolute atomic E-state index is 12.0. The van der Waals surface area contributed by atoms with Crippen molar-refractivity contribution in [2.24, 2.45) is 0 Å². The molecule has 1 amide bonds. The fourth-order valence-corrected chi connectivity index (χ4v) is 2.64. The Hall–Kier alpha value is -1.82. The largest absolute Gasteiger partial charge is 0.353 e. The number of hydrogen-bond donors (Lipinski definition) is 1. The minimum atomic E-state index is -0.343. The molecule has 1 saturated carbocycles. The Morgan fingerprint density at radius 3 is 2.58 bits per heavy atom. The summed E-state index contributed by atoms with van der Waals surface area (Å²) in [6, 6.07) is 12.1. The monoisotopic (exact) mass is 256 g/mol. The van der Waals surface area contributed by atoms with Gasteiger partial charge in [-0.1, -0.05) is 49.6 Å². The highest BCUT2D eigenvalue weighted by atomic mass is 16.1. The quantitative estimate of drug-likeness (QED) is 0.899. The normalized spacial score (nSPS) is 17.4. The van der Waals surface area contributed by atoms with Gasteiger partial charge in [-0.2, -0.15) is 5.26 Å². The van der Waals surface area contributed by atoms with E-state index in [4.69, 9.17) is 0 Å². The van der Waals surface area contributed by atoms with Crippen LogP contribution in [0.3, 0.4) is 0 Å². The van der Waals surface area contributed by atoms with Crippen LogP contribution < -0.4 is 5.32 Å². The van der Waals surface area contributed by atoms with Crippen LogP contribution in [0.15, 0.2) is 30.3 Å². The van der Waals surface area contributed by atoms with E-state index in [0.717, 1.165) is 18.4 Å². The standard InChI is InChI=1S/C16H20N2O/c17-12-14(13-7-3-1-4-8-13)11-16(19)18-15-9-5-2-6-10-15/h1,3-4,7-8,14-15H,2,5-6,9-11H2,(H,18,19). The summed E-state index contributed by atoms with van der Waals surface area (Å²) in [4.78, 5) is 12.0. The van der Waals surface area contributed by atoms with E-state index in [-0.39, 0.29) is 18.2 Å². The lowest BCUT2D eigenvalue weighted by atomic mass is 9.94. The Kier molecular flexibility index (Phi) is 4.97. The van der Waals surface area contributed by atoms with Crippen molar-refractivity contribution < 1.29 is 4.79 Å². The molecule has 0 bridgehead atoms. The van der Waals surface area contributed by atoms with Crippen LogP contribution >= 0.6 is 0 Å². The van der Waals surface area contributed by atoms with Crippen molar-refractivity contribution in [3.05, 3.63) is 35.9 Å². The number of nitriles is 1. The highest BCUT2D eigenvalue weighted by Crippen LogP contribution is 2.20. The van der Waals surface area contributed by atoms with E-state index in [1.165, 1.54) is 19.3 Å². The Morgan fingerprint density at radius 2 is 1.95 bits per heavy atom. The number of carbonyl (C=O) groups is 1. The highest BCUT2D eigenvalue weighted by Gasteiger charge is 2.19. The molecule has 1 aliphatic carbocycles. The van der Waals surface area contributed by atoms with Crippen LogP contribution in [-0.2, 0) is 4.79 Å². The molecule has 0 aromatic heterocycles. The van der Waals surface area contributed by atoms with Crippen molar-refractivity contribution in [2.75, 3.05) is 0 Å². The maximum Gasteiger partial charge on any atom is 0.221 e. The molecule has 0 spiro atoms. The first-order valence-corrected chi connectivity index (χ1v) is 7.03. The Morgan fingerprint density at radius 1 is 1.26 bits per heavy atom. The zero-order valence-corrected chi connectivity index (χ0v) is 11.1. The minimum Gasteiger partial charge on any atom is -0.353 e. The van der Waals surface area contributed by atoms with Crippen LogP contribution in [0.4, 0.5) is 0 Å². The molecule has 0 saturated heterocycles. The Labute approximate surface area is 114 Å². The minimum absolute atomic E-state index is 0.00213. The van der Waals surface area contributed by atoms with Crippen molar-refractivity contribution in [3.8, 4) is 6.07 Å². The van der Waals surface area contributed by atoms with Crippen molar-refractivity contribution in [3.63, 3.8) is 0 Å². The molecule has 1 aromatic carbocycles. The highest BCUT2D eigenvalue weighted by molar-refractivity contribution is 5.77. The van der Waals surface area contributed by atoms with E-state index in [9.17, 15) is 10.1 Å². The first-order valence-electron chi connectivity index (χ1n) is 7.03. The molecule has 3 heteroatoms. The number of hydrogen-bond acceptors (Lipinski definition) is 2. The average molecular weight is 256 g/mol. The van der Waals surface area contributed by atoms with Crippen molar-refractivity contribution in [2.45, 2.75) is 50.5 Å². The van der Waals surface area contributed by atoms with E-state index in [1.54, 1.807) is 0 Å². The van der Waals surface area contributed by atoms with Crippen LogP contribution in [0.1, 0.15) is 50.0 Å². The predicted octanol–water partition coefficient (Wildman–Crippen LogP) is 3.13. The summed E-state index contributed by atoms with van der Waals surface area (Å²) in [5, 5.41) is 12.3. The second-order valence-electron chi connectivity index (χ2n) is 5.20.